The highest BCUT2D eigenvalue weighted by Gasteiger charge is 2.24. The highest BCUT2D eigenvalue weighted by molar-refractivity contribution is 5.41. The predicted octanol–water partition coefficient (Wildman–Crippen LogP) is 3.14. The smallest absolute Gasteiger partial charge is 0.217 e. The van der Waals surface area contributed by atoms with Crippen molar-refractivity contribution in [1.82, 2.24) is 14.7 Å². The number of nitrogens with zero attached hydrogens (tertiary/aromatic N) is 3. The van der Waals surface area contributed by atoms with Crippen molar-refractivity contribution < 1.29 is 5.11 Å². The molecule has 3 aromatic rings. The normalized spacial score (nSPS) is 14.6. The van der Waals surface area contributed by atoms with Crippen LogP contribution in [0.4, 0.5) is 0 Å². The van der Waals surface area contributed by atoms with E-state index in [4.69, 9.17) is 0 Å². The Morgan fingerprint density at radius 3 is 2.39 bits per heavy atom. The maximum atomic E-state index is 10.5. The van der Waals surface area contributed by atoms with Gasteiger partial charge in [0.1, 0.15) is 0 Å². The van der Waals surface area contributed by atoms with E-state index in [9.17, 15) is 5.11 Å². The van der Waals surface area contributed by atoms with Crippen molar-refractivity contribution in [2.75, 3.05) is 6.54 Å². The summed E-state index contributed by atoms with van der Waals surface area (Å²) in [4.78, 5) is 2.37. The van der Waals surface area contributed by atoms with Gasteiger partial charge in [-0.2, -0.15) is 5.10 Å². The van der Waals surface area contributed by atoms with Crippen molar-refractivity contribution >= 4 is 0 Å². The zero-order valence-corrected chi connectivity index (χ0v) is 12.9. The Morgan fingerprint density at radius 1 is 0.957 bits per heavy atom. The van der Waals surface area contributed by atoms with Gasteiger partial charge in [-0.15, -0.1) is 0 Å². The van der Waals surface area contributed by atoms with Crippen LogP contribution in [0.5, 0.6) is 5.88 Å². The molecule has 0 saturated carbocycles. The van der Waals surface area contributed by atoms with Gasteiger partial charge in [-0.25, -0.2) is 4.68 Å². The average molecular weight is 305 g/mol. The van der Waals surface area contributed by atoms with Gasteiger partial charge in [0.15, 0.2) is 0 Å². The molecule has 0 fully saturated rings. The Bertz CT molecular complexity index is 796. The van der Waals surface area contributed by atoms with Crippen molar-refractivity contribution in [2.24, 2.45) is 0 Å². The molecule has 1 N–H and O–H groups in total. The van der Waals surface area contributed by atoms with E-state index >= 15 is 0 Å². The minimum Gasteiger partial charge on any atom is -0.493 e. The van der Waals surface area contributed by atoms with Crippen LogP contribution in [0.1, 0.15) is 16.8 Å². The largest absolute Gasteiger partial charge is 0.493 e. The quantitative estimate of drug-likeness (QED) is 0.808. The van der Waals surface area contributed by atoms with Gasteiger partial charge in [0.25, 0.3) is 0 Å². The van der Waals surface area contributed by atoms with Gasteiger partial charge in [-0.1, -0.05) is 48.5 Å². The van der Waals surface area contributed by atoms with Crippen LogP contribution in [0, 0.1) is 0 Å². The summed E-state index contributed by atoms with van der Waals surface area (Å²) in [5.41, 5.74) is 4.17. The number of rotatable bonds is 3. The third-order valence-corrected chi connectivity index (χ3v) is 4.34. The molecule has 0 bridgehead atoms. The van der Waals surface area contributed by atoms with E-state index in [0.29, 0.717) is 0 Å². The van der Waals surface area contributed by atoms with Crippen LogP contribution in [0.3, 0.4) is 0 Å². The van der Waals surface area contributed by atoms with Gasteiger partial charge >= 0.3 is 0 Å². The Labute approximate surface area is 135 Å². The van der Waals surface area contributed by atoms with Crippen LogP contribution in [-0.4, -0.2) is 26.3 Å². The Morgan fingerprint density at radius 2 is 1.65 bits per heavy atom. The molecule has 4 heteroatoms. The topological polar surface area (TPSA) is 41.3 Å². The van der Waals surface area contributed by atoms with E-state index in [0.717, 1.165) is 43.0 Å². The Balaban J connectivity index is 1.58. The predicted molar refractivity (Wildman–Crippen MR) is 89.5 cm³/mol. The molecular weight excluding hydrogens is 286 g/mol. The van der Waals surface area contributed by atoms with Crippen LogP contribution in [0.15, 0.2) is 60.7 Å². The first-order chi connectivity index (χ1) is 11.3. The number of para-hydroxylation sites is 1. The van der Waals surface area contributed by atoms with Gasteiger partial charge in [-0.05, 0) is 24.1 Å². The lowest BCUT2D eigenvalue weighted by molar-refractivity contribution is 0.241. The lowest BCUT2D eigenvalue weighted by atomic mass is 10.1. The van der Waals surface area contributed by atoms with Crippen LogP contribution >= 0.6 is 0 Å². The van der Waals surface area contributed by atoms with Crippen molar-refractivity contribution in [3.8, 4) is 11.6 Å². The second-order valence-electron chi connectivity index (χ2n) is 5.94. The zero-order chi connectivity index (χ0) is 15.6. The molecule has 116 valence electrons. The van der Waals surface area contributed by atoms with Gasteiger partial charge in [0, 0.05) is 25.2 Å². The summed E-state index contributed by atoms with van der Waals surface area (Å²) in [6.45, 7) is 2.63. The molecule has 0 amide bonds. The third-order valence-electron chi connectivity index (χ3n) is 4.34. The molecule has 0 unspecified atom stereocenters. The summed E-state index contributed by atoms with van der Waals surface area (Å²) < 4.78 is 1.65. The Hall–Kier alpha value is -2.59. The number of hydrogen-bond acceptors (Lipinski definition) is 3. The fourth-order valence-corrected chi connectivity index (χ4v) is 3.16. The molecule has 1 aliphatic heterocycles. The van der Waals surface area contributed by atoms with E-state index in [1.165, 1.54) is 5.56 Å². The molecule has 23 heavy (non-hydrogen) atoms. The van der Waals surface area contributed by atoms with Crippen LogP contribution < -0.4 is 0 Å². The first-order valence-corrected chi connectivity index (χ1v) is 7.93. The lowest BCUT2D eigenvalue weighted by Crippen LogP contribution is -2.29. The minimum atomic E-state index is 0.283. The lowest BCUT2D eigenvalue weighted by Gasteiger charge is -2.25. The maximum Gasteiger partial charge on any atom is 0.217 e. The Kier molecular flexibility index (Phi) is 3.60. The van der Waals surface area contributed by atoms with E-state index in [-0.39, 0.29) is 5.88 Å². The zero-order valence-electron chi connectivity index (χ0n) is 12.9. The fourth-order valence-electron chi connectivity index (χ4n) is 3.16. The molecule has 1 aliphatic rings. The van der Waals surface area contributed by atoms with Gasteiger partial charge in [0.05, 0.1) is 11.4 Å². The van der Waals surface area contributed by atoms with E-state index < -0.39 is 0 Å². The molecule has 0 spiro atoms. The number of fused-ring (bicyclic) bond motifs is 1. The maximum absolute atomic E-state index is 10.5. The van der Waals surface area contributed by atoms with Crippen molar-refractivity contribution in [1.29, 1.82) is 0 Å². The van der Waals surface area contributed by atoms with Crippen LogP contribution in [0.25, 0.3) is 5.69 Å². The highest BCUT2D eigenvalue weighted by Crippen LogP contribution is 2.29. The summed E-state index contributed by atoms with van der Waals surface area (Å²) in [6.07, 6.45) is 0.834. The first kappa shape index (κ1) is 14.0. The van der Waals surface area contributed by atoms with Crippen molar-refractivity contribution in [3.05, 3.63) is 77.5 Å². The summed E-state index contributed by atoms with van der Waals surface area (Å²) in [7, 11) is 0. The number of aromatic nitrogens is 2. The van der Waals surface area contributed by atoms with Crippen LogP contribution in [0.2, 0.25) is 0 Å². The first-order valence-electron chi connectivity index (χ1n) is 7.93. The number of hydrogen-bond donors (Lipinski definition) is 1. The summed E-state index contributed by atoms with van der Waals surface area (Å²) in [5.74, 6) is 0.283. The van der Waals surface area contributed by atoms with E-state index in [1.54, 1.807) is 4.68 Å². The highest BCUT2D eigenvalue weighted by atomic mass is 16.3. The van der Waals surface area contributed by atoms with Gasteiger partial charge in [-0.3, -0.25) is 4.90 Å². The SMILES string of the molecule is Oc1c2c(nn1-c1ccccc1)CN(Cc1ccccc1)CC2. The third kappa shape index (κ3) is 2.73. The molecule has 1 aromatic heterocycles. The molecule has 0 aliphatic carbocycles. The van der Waals surface area contributed by atoms with Crippen molar-refractivity contribution in [2.45, 2.75) is 19.5 Å². The standard InChI is InChI=1S/C19H19N3O/c23-19-17-11-12-21(13-15-7-3-1-4-8-15)14-18(17)20-22(19)16-9-5-2-6-10-16/h1-10,23H,11-14H2. The summed E-state index contributed by atoms with van der Waals surface area (Å²) in [6, 6.07) is 20.3. The molecule has 2 heterocycles. The molecule has 2 aromatic carbocycles. The second kappa shape index (κ2) is 5.89. The van der Waals surface area contributed by atoms with E-state index in [2.05, 4.69) is 34.3 Å². The minimum absolute atomic E-state index is 0.283. The van der Waals surface area contributed by atoms with E-state index in [1.807, 2.05) is 36.4 Å². The molecule has 4 rings (SSSR count). The number of aromatic hydroxyl groups is 1. The monoisotopic (exact) mass is 305 g/mol. The summed E-state index contributed by atoms with van der Waals surface area (Å²) in [5, 5.41) is 15.1. The molecule has 0 radical (unpaired) electrons. The van der Waals surface area contributed by atoms with Crippen molar-refractivity contribution in [3.63, 3.8) is 0 Å². The van der Waals surface area contributed by atoms with Gasteiger partial charge in [0.2, 0.25) is 5.88 Å². The molecular formula is C19H19N3O. The average Bonchev–Trinajstić information content (AvgIpc) is 2.93. The van der Waals surface area contributed by atoms with Crippen LogP contribution in [-0.2, 0) is 19.5 Å². The molecule has 0 atom stereocenters. The molecule has 4 nitrogen and oxygen atoms in total. The van der Waals surface area contributed by atoms with Gasteiger partial charge < -0.3 is 5.11 Å². The summed E-state index contributed by atoms with van der Waals surface area (Å²) >= 11 is 0. The molecule has 0 saturated heterocycles. The number of benzene rings is 2. The fraction of sp³-hybridized carbons (Fsp3) is 0.211. The second-order valence-corrected chi connectivity index (χ2v) is 5.94.